The molecule has 0 bridgehead atoms. The van der Waals surface area contributed by atoms with Crippen LogP contribution in [0, 0.1) is 0 Å². The van der Waals surface area contributed by atoms with E-state index in [1.165, 1.54) is 20.8 Å². The van der Waals surface area contributed by atoms with Gasteiger partial charge in [-0.25, -0.2) is 0 Å². The third-order valence-corrected chi connectivity index (χ3v) is 11.7. The third kappa shape index (κ3) is 11.9. The van der Waals surface area contributed by atoms with Gasteiger partial charge in [0.05, 0.1) is 25.4 Å². The summed E-state index contributed by atoms with van der Waals surface area (Å²) in [6.07, 6.45) is -1.06. The lowest BCUT2D eigenvalue weighted by Crippen LogP contribution is -2.50. The van der Waals surface area contributed by atoms with Gasteiger partial charge < -0.3 is 38.4 Å². The Bertz CT molecular complexity index is 452. The molecule has 8 nitrogen and oxygen atoms in total. The molecule has 0 amide bonds. The molecule has 0 aromatic heterocycles. The Balaban J connectivity index is 4.71. The van der Waals surface area contributed by atoms with Crippen molar-refractivity contribution in [2.45, 2.75) is 89.3 Å². The molecule has 5 unspecified atom stereocenters. The van der Waals surface area contributed by atoms with Crippen LogP contribution in [-0.2, 0) is 18.0 Å². The summed E-state index contributed by atoms with van der Waals surface area (Å²) in [5.74, 6) is 0. The number of rotatable bonds is 16. The van der Waals surface area contributed by atoms with E-state index < -0.39 is 40.3 Å². The smallest absolute Gasteiger partial charge is 0.330 e. The third-order valence-electron chi connectivity index (χ3n) is 4.93. The lowest BCUT2D eigenvalue weighted by atomic mass is 10.0. The van der Waals surface area contributed by atoms with Crippen molar-refractivity contribution in [3.05, 3.63) is 0 Å². The first-order valence-electron chi connectivity index (χ1n) is 10.3. The fourth-order valence-electron chi connectivity index (χ4n) is 2.50. The van der Waals surface area contributed by atoms with Gasteiger partial charge in [-0.2, -0.15) is 0 Å². The van der Waals surface area contributed by atoms with Crippen LogP contribution in [0.15, 0.2) is 0 Å². The summed E-state index contributed by atoms with van der Waals surface area (Å²) < 4.78 is 23.5. The minimum atomic E-state index is -2.55. The molecule has 4 N–H and O–H groups in total. The first kappa shape index (κ1) is 29.1. The van der Waals surface area contributed by atoms with E-state index in [0.29, 0.717) is 31.7 Å². The standard InChI is InChI=1S/C19H44O8Si2/c1-16(20)18(3,22)14-25-10-9-12-29(24-5,27-28(6,7)8)13-11-26-15-19(4,23)17(2)21/h16-17,20-23H,9-15H2,1-8H3. The first-order valence-corrected chi connectivity index (χ1v) is 15.9. The zero-order chi connectivity index (χ0) is 22.9. The lowest BCUT2D eigenvalue weighted by Gasteiger charge is -2.36. The Kier molecular flexibility index (Phi) is 12.3. The molecule has 0 heterocycles. The number of hydrogen-bond donors (Lipinski definition) is 4. The number of aliphatic hydroxyl groups excluding tert-OH is 2. The van der Waals surface area contributed by atoms with Crippen molar-refractivity contribution < 1.29 is 38.4 Å². The van der Waals surface area contributed by atoms with E-state index in [1.807, 2.05) is 0 Å². The van der Waals surface area contributed by atoms with Gasteiger partial charge in [0.1, 0.15) is 11.2 Å². The second kappa shape index (κ2) is 12.2. The maximum atomic E-state index is 10.1. The second-order valence-electron chi connectivity index (χ2n) is 9.35. The van der Waals surface area contributed by atoms with E-state index in [4.69, 9.17) is 18.0 Å². The van der Waals surface area contributed by atoms with Gasteiger partial charge in [-0.15, -0.1) is 0 Å². The molecular formula is C19H44O8Si2. The Morgan fingerprint density at radius 1 is 0.828 bits per heavy atom. The second-order valence-corrected chi connectivity index (χ2v) is 17.6. The molecule has 0 aromatic carbocycles. The molecule has 0 rings (SSSR count). The van der Waals surface area contributed by atoms with E-state index in [2.05, 4.69) is 19.6 Å². The molecular weight excluding hydrogens is 412 g/mol. The van der Waals surface area contributed by atoms with Crippen molar-refractivity contribution in [3.8, 4) is 0 Å². The lowest BCUT2D eigenvalue weighted by molar-refractivity contribution is -0.102. The Morgan fingerprint density at radius 2 is 1.28 bits per heavy atom. The fourth-order valence-corrected chi connectivity index (χ4v) is 9.91. The highest BCUT2D eigenvalue weighted by molar-refractivity contribution is 6.82. The maximum absolute atomic E-state index is 10.1. The molecule has 0 spiro atoms. The molecule has 0 saturated heterocycles. The summed E-state index contributed by atoms with van der Waals surface area (Å²) >= 11 is 0. The maximum Gasteiger partial charge on any atom is 0.330 e. The summed E-state index contributed by atoms with van der Waals surface area (Å²) in [6.45, 7) is 13.4. The fraction of sp³-hybridized carbons (Fsp3) is 1.00. The van der Waals surface area contributed by atoms with Crippen LogP contribution in [-0.4, -0.2) is 94.3 Å². The van der Waals surface area contributed by atoms with E-state index in [9.17, 15) is 20.4 Å². The van der Waals surface area contributed by atoms with Gasteiger partial charge in [0.15, 0.2) is 8.32 Å². The molecule has 0 fully saturated rings. The van der Waals surface area contributed by atoms with Gasteiger partial charge in [-0.05, 0) is 59.8 Å². The zero-order valence-corrected chi connectivity index (χ0v) is 21.5. The van der Waals surface area contributed by atoms with Gasteiger partial charge in [-0.3, -0.25) is 0 Å². The first-order chi connectivity index (χ1) is 13.1. The SMILES string of the molecule is CO[Si](CCCOCC(C)(O)C(C)O)(CCOCC(C)(O)C(C)O)O[Si](C)(C)C. The quantitative estimate of drug-likeness (QED) is 0.204. The summed E-state index contributed by atoms with van der Waals surface area (Å²) in [5, 5.41) is 39.3. The van der Waals surface area contributed by atoms with Crippen LogP contribution in [0.5, 0.6) is 0 Å². The largest absolute Gasteiger partial charge is 0.436 e. The molecule has 0 aliphatic carbocycles. The molecule has 10 heteroatoms. The van der Waals surface area contributed by atoms with Crippen LogP contribution >= 0.6 is 0 Å². The Hall–Kier alpha value is 0.114. The predicted octanol–water partition coefficient (Wildman–Crippen LogP) is 1.61. The molecule has 0 aliphatic rings. The van der Waals surface area contributed by atoms with Crippen molar-refractivity contribution in [2.24, 2.45) is 0 Å². The van der Waals surface area contributed by atoms with E-state index in [1.54, 1.807) is 14.0 Å². The van der Waals surface area contributed by atoms with E-state index >= 15 is 0 Å². The van der Waals surface area contributed by atoms with Gasteiger partial charge in [0, 0.05) is 26.4 Å². The normalized spacial score (nSPS) is 21.1. The van der Waals surface area contributed by atoms with Gasteiger partial charge in [0.25, 0.3) is 0 Å². The summed E-state index contributed by atoms with van der Waals surface area (Å²) in [6, 6.07) is 1.32. The van der Waals surface area contributed by atoms with Crippen molar-refractivity contribution in [1.29, 1.82) is 0 Å². The topological polar surface area (TPSA) is 118 Å². The molecule has 0 aromatic rings. The minimum absolute atomic E-state index is 0.0311. The molecule has 29 heavy (non-hydrogen) atoms. The van der Waals surface area contributed by atoms with Crippen LogP contribution in [0.4, 0.5) is 0 Å². The van der Waals surface area contributed by atoms with Crippen molar-refractivity contribution in [2.75, 3.05) is 33.5 Å². The van der Waals surface area contributed by atoms with Gasteiger partial charge in [-0.1, -0.05) is 0 Å². The monoisotopic (exact) mass is 456 g/mol. The molecule has 0 saturated carbocycles. The number of hydrogen-bond acceptors (Lipinski definition) is 8. The van der Waals surface area contributed by atoms with Gasteiger partial charge >= 0.3 is 8.56 Å². The number of aliphatic hydroxyl groups is 4. The van der Waals surface area contributed by atoms with Crippen LogP contribution in [0.2, 0.25) is 31.7 Å². The Labute approximate surface area is 178 Å². The minimum Gasteiger partial charge on any atom is -0.436 e. The summed E-state index contributed by atoms with van der Waals surface area (Å²) in [7, 11) is -2.75. The Morgan fingerprint density at radius 3 is 1.66 bits per heavy atom. The molecule has 0 radical (unpaired) electrons. The number of ether oxygens (including phenoxy) is 2. The highest BCUT2D eigenvalue weighted by Crippen LogP contribution is 2.26. The van der Waals surface area contributed by atoms with Crippen LogP contribution in [0.1, 0.15) is 34.1 Å². The molecule has 176 valence electrons. The highest BCUT2D eigenvalue weighted by atomic mass is 28.4. The van der Waals surface area contributed by atoms with Crippen LogP contribution in [0.25, 0.3) is 0 Å². The summed E-state index contributed by atoms with van der Waals surface area (Å²) in [4.78, 5) is 0. The predicted molar refractivity (Wildman–Crippen MR) is 118 cm³/mol. The van der Waals surface area contributed by atoms with Crippen LogP contribution < -0.4 is 0 Å². The van der Waals surface area contributed by atoms with Crippen molar-refractivity contribution >= 4 is 16.9 Å². The van der Waals surface area contributed by atoms with E-state index in [-0.39, 0.29) is 13.2 Å². The molecule has 0 aliphatic heterocycles. The van der Waals surface area contributed by atoms with Crippen molar-refractivity contribution in [1.82, 2.24) is 0 Å². The van der Waals surface area contributed by atoms with Gasteiger partial charge in [0.2, 0.25) is 0 Å². The summed E-state index contributed by atoms with van der Waals surface area (Å²) in [5.41, 5.74) is -2.58. The average molecular weight is 457 g/mol. The molecule has 5 atom stereocenters. The zero-order valence-electron chi connectivity index (χ0n) is 19.5. The van der Waals surface area contributed by atoms with Crippen molar-refractivity contribution in [3.63, 3.8) is 0 Å². The van der Waals surface area contributed by atoms with Crippen LogP contribution in [0.3, 0.4) is 0 Å². The van der Waals surface area contributed by atoms with E-state index in [0.717, 1.165) is 0 Å². The average Bonchev–Trinajstić information content (AvgIpc) is 2.56. The highest BCUT2D eigenvalue weighted by Gasteiger charge is 2.40.